The molecule has 0 unspecified atom stereocenters. The third-order valence-electron chi connectivity index (χ3n) is 3.77. The molecule has 0 aliphatic heterocycles. The number of ether oxygens (including phenoxy) is 3. The van der Waals surface area contributed by atoms with Crippen molar-refractivity contribution in [1.82, 2.24) is 4.98 Å². The number of amides is 1. The molecule has 1 aromatic carbocycles. The van der Waals surface area contributed by atoms with E-state index in [1.54, 1.807) is 25.1 Å². The second-order valence-corrected chi connectivity index (χ2v) is 5.28. The topological polar surface area (TPSA) is 103 Å². The summed E-state index contributed by atoms with van der Waals surface area (Å²) < 4.78 is 20.8. The highest BCUT2D eigenvalue weighted by atomic mass is 16.5. The number of fused-ring (bicyclic) bond motifs is 1. The average Bonchev–Trinajstić information content (AvgIpc) is 3.29. The largest absolute Gasteiger partial charge is 0.493 e. The first-order valence-corrected chi connectivity index (χ1v) is 7.88. The summed E-state index contributed by atoms with van der Waals surface area (Å²) in [5, 5.41) is 3.28. The highest BCUT2D eigenvalue weighted by molar-refractivity contribution is 6.14. The first kappa shape index (κ1) is 17.4. The van der Waals surface area contributed by atoms with Crippen LogP contribution in [-0.2, 0) is 4.74 Å². The molecule has 0 aliphatic rings. The molecule has 2 N–H and O–H groups in total. The van der Waals surface area contributed by atoms with Crippen LogP contribution < -0.4 is 14.8 Å². The van der Waals surface area contributed by atoms with Gasteiger partial charge in [-0.05, 0) is 25.1 Å². The van der Waals surface area contributed by atoms with Crippen molar-refractivity contribution in [2.75, 3.05) is 26.1 Å². The van der Waals surface area contributed by atoms with E-state index in [-0.39, 0.29) is 23.7 Å². The minimum atomic E-state index is -0.587. The predicted molar refractivity (Wildman–Crippen MR) is 94.0 cm³/mol. The molecule has 2 aromatic heterocycles. The Morgan fingerprint density at radius 3 is 2.54 bits per heavy atom. The van der Waals surface area contributed by atoms with Crippen LogP contribution >= 0.6 is 0 Å². The number of methoxy groups -OCH3 is 2. The number of benzene rings is 1. The van der Waals surface area contributed by atoms with Gasteiger partial charge >= 0.3 is 5.97 Å². The molecule has 3 rings (SSSR count). The fourth-order valence-corrected chi connectivity index (χ4v) is 2.59. The summed E-state index contributed by atoms with van der Waals surface area (Å²) >= 11 is 0. The average molecular weight is 358 g/mol. The third kappa shape index (κ3) is 3.08. The van der Waals surface area contributed by atoms with Gasteiger partial charge in [0, 0.05) is 11.5 Å². The lowest BCUT2D eigenvalue weighted by Gasteiger charge is -2.09. The van der Waals surface area contributed by atoms with Crippen LogP contribution in [0.4, 0.5) is 5.69 Å². The Morgan fingerprint density at radius 2 is 1.92 bits per heavy atom. The Balaban J connectivity index is 2.14. The molecule has 2 heterocycles. The monoisotopic (exact) mass is 358 g/mol. The van der Waals surface area contributed by atoms with Crippen molar-refractivity contribution in [3.8, 4) is 11.5 Å². The van der Waals surface area contributed by atoms with Gasteiger partial charge in [-0.25, -0.2) is 4.79 Å². The van der Waals surface area contributed by atoms with Gasteiger partial charge in [-0.3, -0.25) is 4.79 Å². The number of carbonyl (C=O) groups is 2. The van der Waals surface area contributed by atoms with Gasteiger partial charge in [0.15, 0.2) is 17.3 Å². The number of hydrogen-bond acceptors (Lipinski definition) is 6. The molecule has 0 fully saturated rings. The molecule has 3 aromatic rings. The number of carbonyl (C=O) groups excluding carboxylic acids is 2. The summed E-state index contributed by atoms with van der Waals surface area (Å²) in [5.74, 6) is -0.00859. The number of aromatic nitrogens is 1. The fraction of sp³-hybridized carbons (Fsp3) is 0.222. The normalized spacial score (nSPS) is 10.6. The second-order valence-electron chi connectivity index (χ2n) is 5.28. The highest BCUT2D eigenvalue weighted by Gasteiger charge is 2.23. The van der Waals surface area contributed by atoms with Crippen LogP contribution in [0.25, 0.3) is 10.9 Å². The smallest absolute Gasteiger partial charge is 0.356 e. The van der Waals surface area contributed by atoms with Crippen molar-refractivity contribution in [2.24, 2.45) is 0 Å². The van der Waals surface area contributed by atoms with Gasteiger partial charge in [-0.2, -0.15) is 0 Å². The minimum Gasteiger partial charge on any atom is -0.493 e. The lowest BCUT2D eigenvalue weighted by atomic mass is 10.2. The standard InChI is InChI=1S/C18H18N2O6/c1-4-25-18(22)16-15(20-17(21)12-6-5-7-26-12)10-8-13(23-2)14(24-3)9-11(10)19-16/h5-9,19H,4H2,1-3H3,(H,20,21). The van der Waals surface area contributed by atoms with Gasteiger partial charge in [-0.15, -0.1) is 0 Å². The SMILES string of the molecule is CCOC(=O)c1[nH]c2cc(OC)c(OC)cc2c1NC(=O)c1ccco1. The lowest BCUT2D eigenvalue weighted by Crippen LogP contribution is -2.15. The van der Waals surface area contributed by atoms with E-state index in [2.05, 4.69) is 10.3 Å². The maximum absolute atomic E-state index is 12.4. The summed E-state index contributed by atoms with van der Waals surface area (Å²) in [6.45, 7) is 1.90. The van der Waals surface area contributed by atoms with E-state index in [0.29, 0.717) is 22.4 Å². The zero-order valence-electron chi connectivity index (χ0n) is 14.5. The molecule has 0 saturated heterocycles. The highest BCUT2D eigenvalue weighted by Crippen LogP contribution is 2.37. The Labute approximate surface area is 149 Å². The molecule has 0 saturated carbocycles. The number of hydrogen-bond donors (Lipinski definition) is 2. The van der Waals surface area contributed by atoms with Crippen molar-refractivity contribution in [1.29, 1.82) is 0 Å². The lowest BCUT2D eigenvalue weighted by molar-refractivity contribution is 0.0522. The second kappa shape index (κ2) is 7.22. The molecule has 136 valence electrons. The molecule has 26 heavy (non-hydrogen) atoms. The number of H-pyrrole nitrogens is 1. The van der Waals surface area contributed by atoms with E-state index in [1.807, 2.05) is 0 Å². The first-order valence-electron chi connectivity index (χ1n) is 7.88. The number of esters is 1. The van der Waals surface area contributed by atoms with E-state index in [1.165, 1.54) is 26.5 Å². The van der Waals surface area contributed by atoms with E-state index in [4.69, 9.17) is 18.6 Å². The Morgan fingerprint density at radius 1 is 1.19 bits per heavy atom. The van der Waals surface area contributed by atoms with Crippen molar-refractivity contribution in [3.63, 3.8) is 0 Å². The van der Waals surface area contributed by atoms with Gasteiger partial charge < -0.3 is 28.9 Å². The molecule has 8 heteroatoms. The van der Waals surface area contributed by atoms with E-state index in [0.717, 1.165) is 0 Å². The van der Waals surface area contributed by atoms with Gasteiger partial charge in [0.25, 0.3) is 5.91 Å². The summed E-state index contributed by atoms with van der Waals surface area (Å²) in [6, 6.07) is 6.48. The molecule has 0 bridgehead atoms. The van der Waals surface area contributed by atoms with Gasteiger partial charge in [-0.1, -0.05) is 0 Å². The van der Waals surface area contributed by atoms with E-state index in [9.17, 15) is 9.59 Å². The van der Waals surface area contributed by atoms with Crippen LogP contribution in [0.3, 0.4) is 0 Å². The summed E-state index contributed by atoms with van der Waals surface area (Å²) in [5.41, 5.74) is 0.985. The van der Waals surface area contributed by atoms with E-state index < -0.39 is 11.9 Å². The van der Waals surface area contributed by atoms with Gasteiger partial charge in [0.2, 0.25) is 0 Å². The Bertz CT molecular complexity index is 942. The fourth-order valence-electron chi connectivity index (χ4n) is 2.59. The van der Waals surface area contributed by atoms with Crippen LogP contribution in [0.15, 0.2) is 34.9 Å². The quantitative estimate of drug-likeness (QED) is 0.656. The molecular formula is C18H18N2O6. The summed E-state index contributed by atoms with van der Waals surface area (Å²) in [6.07, 6.45) is 1.39. The predicted octanol–water partition coefficient (Wildman–Crippen LogP) is 3.21. The molecule has 0 aliphatic carbocycles. The van der Waals surface area contributed by atoms with Crippen molar-refractivity contribution in [3.05, 3.63) is 42.0 Å². The Hall–Kier alpha value is -3.42. The summed E-state index contributed by atoms with van der Waals surface area (Å²) in [4.78, 5) is 27.7. The molecule has 0 spiro atoms. The van der Waals surface area contributed by atoms with Gasteiger partial charge in [0.05, 0.1) is 38.3 Å². The van der Waals surface area contributed by atoms with Crippen LogP contribution in [0.1, 0.15) is 28.0 Å². The van der Waals surface area contributed by atoms with Crippen LogP contribution in [0.5, 0.6) is 11.5 Å². The maximum atomic E-state index is 12.4. The number of furan rings is 1. The van der Waals surface area contributed by atoms with Crippen molar-refractivity contribution < 1.29 is 28.2 Å². The zero-order chi connectivity index (χ0) is 18.7. The molecule has 1 amide bonds. The van der Waals surface area contributed by atoms with E-state index >= 15 is 0 Å². The van der Waals surface area contributed by atoms with Crippen molar-refractivity contribution >= 4 is 28.5 Å². The number of rotatable bonds is 6. The molecule has 0 radical (unpaired) electrons. The minimum absolute atomic E-state index is 0.120. The van der Waals surface area contributed by atoms with Crippen molar-refractivity contribution in [2.45, 2.75) is 6.92 Å². The summed E-state index contributed by atoms with van der Waals surface area (Å²) in [7, 11) is 3.02. The molecule has 0 atom stereocenters. The van der Waals surface area contributed by atoms with Crippen LogP contribution in [-0.4, -0.2) is 37.7 Å². The van der Waals surface area contributed by atoms with Gasteiger partial charge in [0.1, 0.15) is 5.69 Å². The Kier molecular flexibility index (Phi) is 4.83. The van der Waals surface area contributed by atoms with Crippen LogP contribution in [0.2, 0.25) is 0 Å². The number of anilines is 1. The zero-order valence-corrected chi connectivity index (χ0v) is 14.5. The maximum Gasteiger partial charge on any atom is 0.356 e. The first-order chi connectivity index (χ1) is 12.6. The third-order valence-corrected chi connectivity index (χ3v) is 3.77. The van der Waals surface area contributed by atoms with Crippen LogP contribution in [0, 0.1) is 0 Å². The molecular weight excluding hydrogens is 340 g/mol. The molecule has 8 nitrogen and oxygen atoms in total. The number of nitrogens with one attached hydrogen (secondary N) is 2. The number of aromatic amines is 1.